The average Bonchev–Trinajstić information content (AvgIpc) is 3.05. The van der Waals surface area contributed by atoms with Crippen molar-refractivity contribution in [3.05, 3.63) is 23.7 Å². The zero-order valence-electron chi connectivity index (χ0n) is 17.2. The second-order valence-electron chi connectivity index (χ2n) is 9.65. The highest BCUT2D eigenvalue weighted by Gasteiger charge is 2.33. The highest BCUT2D eigenvalue weighted by atomic mass is 16.3. The van der Waals surface area contributed by atoms with Crippen molar-refractivity contribution in [1.82, 2.24) is 19.9 Å². The first-order valence-electron chi connectivity index (χ1n) is 10.6. The van der Waals surface area contributed by atoms with Crippen molar-refractivity contribution >= 4 is 11.2 Å². The van der Waals surface area contributed by atoms with Crippen LogP contribution in [0.1, 0.15) is 77.2 Å². The van der Waals surface area contributed by atoms with Crippen LogP contribution in [0.15, 0.2) is 12.3 Å². The van der Waals surface area contributed by atoms with E-state index in [1.54, 1.807) is 0 Å². The van der Waals surface area contributed by atoms with Crippen LogP contribution in [-0.2, 0) is 12.0 Å². The lowest BCUT2D eigenvalue weighted by atomic mass is 9.88. The minimum absolute atomic E-state index is 0.148. The smallest absolute Gasteiger partial charge is 0.159 e. The zero-order valence-corrected chi connectivity index (χ0v) is 17.2. The number of hydrogen-bond acceptors (Lipinski definition) is 4. The highest BCUT2D eigenvalue weighted by Crippen LogP contribution is 2.38. The molecule has 3 unspecified atom stereocenters. The molecular formula is C22H34N4O. The van der Waals surface area contributed by atoms with E-state index < -0.39 is 0 Å². The Morgan fingerprint density at radius 1 is 1.33 bits per heavy atom. The second-order valence-corrected chi connectivity index (χ2v) is 9.65. The maximum atomic E-state index is 9.98. The van der Waals surface area contributed by atoms with E-state index in [0.717, 1.165) is 42.7 Å². The topological polar surface area (TPSA) is 63.0 Å². The first-order chi connectivity index (χ1) is 12.9. The minimum atomic E-state index is 0.148. The summed E-state index contributed by atoms with van der Waals surface area (Å²) in [6.45, 7) is 10.4. The molecule has 2 N–H and O–H groups in total. The Hall–Kier alpha value is -1.46. The fraction of sp³-hybridized carbons (Fsp3) is 0.727. The monoisotopic (exact) mass is 370 g/mol. The van der Waals surface area contributed by atoms with Gasteiger partial charge in [-0.3, -0.25) is 4.98 Å². The van der Waals surface area contributed by atoms with Crippen LogP contribution in [0.4, 0.5) is 0 Å². The van der Waals surface area contributed by atoms with Crippen LogP contribution in [0.5, 0.6) is 0 Å². The van der Waals surface area contributed by atoms with Gasteiger partial charge in [0.05, 0.1) is 24.5 Å². The van der Waals surface area contributed by atoms with Crippen molar-refractivity contribution in [2.45, 2.75) is 83.8 Å². The van der Waals surface area contributed by atoms with E-state index >= 15 is 0 Å². The lowest BCUT2D eigenvalue weighted by Crippen LogP contribution is -2.40. The molecule has 0 aliphatic carbocycles. The Balaban J connectivity index is 1.62. The lowest BCUT2D eigenvalue weighted by Gasteiger charge is -2.27. The minimum Gasteiger partial charge on any atom is -0.395 e. The van der Waals surface area contributed by atoms with Gasteiger partial charge in [-0.2, -0.15) is 0 Å². The number of rotatable bonds is 4. The Morgan fingerprint density at radius 2 is 2.15 bits per heavy atom. The fourth-order valence-corrected chi connectivity index (χ4v) is 5.08. The molecule has 5 heteroatoms. The summed E-state index contributed by atoms with van der Waals surface area (Å²) < 4.78 is 2.35. The number of aromatic nitrogens is 3. The number of aryl methyl sites for hydroxylation is 1. The Morgan fingerprint density at radius 3 is 2.89 bits per heavy atom. The number of aliphatic hydroxyl groups excluding tert-OH is 1. The maximum absolute atomic E-state index is 9.98. The zero-order chi connectivity index (χ0) is 19.2. The molecule has 0 bridgehead atoms. The summed E-state index contributed by atoms with van der Waals surface area (Å²) in [7, 11) is 0. The van der Waals surface area contributed by atoms with E-state index in [2.05, 4.69) is 43.6 Å². The van der Waals surface area contributed by atoms with Crippen molar-refractivity contribution in [2.24, 2.45) is 11.8 Å². The molecule has 0 amide bonds. The van der Waals surface area contributed by atoms with Gasteiger partial charge in [0.1, 0.15) is 5.52 Å². The van der Waals surface area contributed by atoms with Crippen LogP contribution in [0.25, 0.3) is 11.2 Å². The van der Waals surface area contributed by atoms with Crippen LogP contribution in [-0.4, -0.2) is 32.3 Å². The molecule has 27 heavy (non-hydrogen) atoms. The van der Waals surface area contributed by atoms with Crippen LogP contribution in [0.3, 0.4) is 0 Å². The third-order valence-corrected chi connectivity index (χ3v) is 6.65. The predicted molar refractivity (Wildman–Crippen MR) is 109 cm³/mol. The van der Waals surface area contributed by atoms with Crippen LogP contribution < -0.4 is 5.32 Å². The van der Waals surface area contributed by atoms with Gasteiger partial charge in [-0.15, -0.1) is 0 Å². The van der Waals surface area contributed by atoms with Crippen molar-refractivity contribution in [1.29, 1.82) is 0 Å². The van der Waals surface area contributed by atoms with Crippen molar-refractivity contribution in [2.75, 3.05) is 6.61 Å². The van der Waals surface area contributed by atoms with Crippen molar-refractivity contribution in [3.8, 4) is 0 Å². The highest BCUT2D eigenvalue weighted by molar-refractivity contribution is 5.74. The summed E-state index contributed by atoms with van der Waals surface area (Å²) in [6.07, 6.45) is 7.68. The molecule has 2 aromatic rings. The van der Waals surface area contributed by atoms with Gasteiger partial charge < -0.3 is 15.0 Å². The first-order valence-corrected chi connectivity index (χ1v) is 10.6. The van der Waals surface area contributed by atoms with Crippen LogP contribution in [0.2, 0.25) is 0 Å². The van der Waals surface area contributed by atoms with Crippen molar-refractivity contribution < 1.29 is 5.11 Å². The van der Waals surface area contributed by atoms with E-state index in [9.17, 15) is 5.11 Å². The lowest BCUT2D eigenvalue weighted by molar-refractivity contribution is 0.178. The van der Waals surface area contributed by atoms with E-state index in [-0.39, 0.29) is 24.1 Å². The van der Waals surface area contributed by atoms with Crippen LogP contribution >= 0.6 is 0 Å². The van der Waals surface area contributed by atoms with Gasteiger partial charge in [-0.05, 0) is 43.6 Å². The van der Waals surface area contributed by atoms with Gasteiger partial charge in [0.2, 0.25) is 0 Å². The van der Waals surface area contributed by atoms with Gasteiger partial charge >= 0.3 is 0 Å². The van der Waals surface area contributed by atoms with E-state index in [0.29, 0.717) is 11.8 Å². The molecule has 2 aliphatic heterocycles. The van der Waals surface area contributed by atoms with E-state index in [1.807, 2.05) is 6.20 Å². The molecule has 0 spiro atoms. The third-order valence-electron chi connectivity index (χ3n) is 6.65. The SMILES string of the molecule is CC(C)CC1CCCC(c2cnc3cc4n(c3n2)CCC4(C)C)NC1CO. The standard InChI is InChI=1S/C22H34N4O/c1-14(2)10-15-6-5-7-16(24-19(15)13-27)18-12-23-17-11-20-22(3,4)8-9-26(20)21(17)25-18/h11-12,14-16,19,24,27H,5-10,13H2,1-4H3. The maximum Gasteiger partial charge on any atom is 0.159 e. The molecule has 148 valence electrons. The van der Waals surface area contributed by atoms with Gasteiger partial charge in [-0.1, -0.05) is 34.1 Å². The van der Waals surface area contributed by atoms with Crippen LogP contribution in [0, 0.1) is 11.8 Å². The van der Waals surface area contributed by atoms with Gasteiger partial charge in [0.15, 0.2) is 5.65 Å². The van der Waals surface area contributed by atoms with Gasteiger partial charge in [0, 0.05) is 23.7 Å². The number of nitrogens with one attached hydrogen (secondary N) is 1. The molecule has 0 radical (unpaired) electrons. The van der Waals surface area contributed by atoms with E-state index in [4.69, 9.17) is 9.97 Å². The summed E-state index contributed by atoms with van der Waals surface area (Å²) in [6, 6.07) is 2.54. The van der Waals surface area contributed by atoms with E-state index in [1.165, 1.54) is 18.5 Å². The number of nitrogens with zero attached hydrogens (tertiary/aromatic N) is 3. The number of aliphatic hydroxyl groups is 1. The van der Waals surface area contributed by atoms with Gasteiger partial charge in [0.25, 0.3) is 0 Å². The molecule has 0 aromatic carbocycles. The quantitative estimate of drug-likeness (QED) is 0.855. The summed E-state index contributed by atoms with van der Waals surface area (Å²) >= 11 is 0. The molecule has 3 atom stereocenters. The molecule has 4 heterocycles. The fourth-order valence-electron chi connectivity index (χ4n) is 5.08. The normalized spacial score (nSPS) is 27.9. The number of fused-ring (bicyclic) bond motifs is 3. The number of hydrogen-bond donors (Lipinski definition) is 2. The molecule has 2 aliphatic rings. The average molecular weight is 371 g/mol. The summed E-state index contributed by atoms with van der Waals surface area (Å²) in [5.74, 6) is 1.19. The molecular weight excluding hydrogens is 336 g/mol. The van der Waals surface area contributed by atoms with Crippen molar-refractivity contribution in [3.63, 3.8) is 0 Å². The second kappa shape index (κ2) is 7.17. The molecule has 2 aromatic heterocycles. The Labute approximate surface area is 162 Å². The molecule has 4 rings (SSSR count). The van der Waals surface area contributed by atoms with Gasteiger partial charge in [-0.25, -0.2) is 4.98 Å². The molecule has 0 saturated carbocycles. The Kier molecular flexibility index (Phi) is 5.02. The molecule has 5 nitrogen and oxygen atoms in total. The third kappa shape index (κ3) is 3.52. The summed E-state index contributed by atoms with van der Waals surface area (Å²) in [4.78, 5) is 9.80. The Bertz CT molecular complexity index is 810. The largest absolute Gasteiger partial charge is 0.395 e. The molecule has 1 fully saturated rings. The predicted octanol–water partition coefficient (Wildman–Crippen LogP) is 3.95. The first kappa shape index (κ1) is 18.9. The summed E-state index contributed by atoms with van der Waals surface area (Å²) in [5, 5.41) is 13.7. The summed E-state index contributed by atoms with van der Waals surface area (Å²) in [5.41, 5.74) is 4.62. The molecule has 1 saturated heterocycles.